The maximum atomic E-state index is 14.7. The highest BCUT2D eigenvalue weighted by Crippen LogP contribution is 2.34. The largest absolute Gasteiger partial charge is 0.348 e. The van der Waals surface area contributed by atoms with Crippen LogP contribution in [0.4, 0.5) is 0 Å². The van der Waals surface area contributed by atoms with E-state index in [0.717, 1.165) is 55.2 Å². The molecule has 74 heavy (non-hydrogen) atoms. The number of hydrogen-bond donors (Lipinski definition) is 7. The van der Waals surface area contributed by atoms with E-state index in [1.165, 1.54) is 16.0 Å². The zero-order valence-corrected chi connectivity index (χ0v) is 45.7. The Morgan fingerprint density at radius 3 is 1.78 bits per heavy atom. The Morgan fingerprint density at radius 2 is 1.23 bits per heavy atom. The Labute approximate surface area is 438 Å². The molecule has 2 aliphatic carbocycles. The van der Waals surface area contributed by atoms with Gasteiger partial charge >= 0.3 is 0 Å². The van der Waals surface area contributed by atoms with Gasteiger partial charge in [0.2, 0.25) is 35.4 Å². The third-order valence-corrected chi connectivity index (χ3v) is 18.0. The summed E-state index contributed by atoms with van der Waals surface area (Å²) in [5.74, 6) is 3.10. The summed E-state index contributed by atoms with van der Waals surface area (Å²) in [6.45, 7) is 13.4. The number of rotatable bonds is 15. The Bertz CT molecular complexity index is 2640. The number of nitrogens with one attached hydrogen (secondary N) is 7. The van der Waals surface area contributed by atoms with Crippen molar-refractivity contribution in [3.63, 3.8) is 0 Å². The second-order valence-corrected chi connectivity index (χ2v) is 27.7. The molecule has 17 heteroatoms. The van der Waals surface area contributed by atoms with Crippen LogP contribution < -0.4 is 37.2 Å². The first kappa shape index (κ1) is 55.4. The molecule has 4 aliphatic rings. The number of benzene rings is 3. The average Bonchev–Trinajstić information content (AvgIpc) is 3.96. The number of carbonyl (C=O) groups excluding carboxylic acids is 7. The molecule has 0 spiro atoms. The van der Waals surface area contributed by atoms with E-state index >= 15 is 0 Å². The molecule has 0 aromatic heterocycles. The summed E-state index contributed by atoms with van der Waals surface area (Å²) >= 11 is 0. The molecule has 2 aliphatic heterocycles. The predicted octanol–water partition coefficient (Wildman–Crippen LogP) is 3.74. The molecule has 396 valence electrons. The maximum Gasteiger partial charge on any atom is 0.296 e. The fraction of sp³-hybridized carbons (Fsp3) is 0.526. The summed E-state index contributed by atoms with van der Waals surface area (Å²) in [7, 11) is 1.33. The van der Waals surface area contributed by atoms with Gasteiger partial charge in [-0.25, -0.2) is 0 Å². The first-order chi connectivity index (χ1) is 35.2. The molecular formula is C57H77N9O7Si. The molecule has 9 atom stereocenters. The van der Waals surface area contributed by atoms with Crippen LogP contribution in [0.5, 0.6) is 0 Å². The van der Waals surface area contributed by atoms with Crippen LogP contribution in [-0.4, -0.2) is 128 Å². The van der Waals surface area contributed by atoms with E-state index in [-0.39, 0.29) is 61.0 Å². The smallest absolute Gasteiger partial charge is 0.296 e. The highest BCUT2D eigenvalue weighted by Gasteiger charge is 2.48. The van der Waals surface area contributed by atoms with Gasteiger partial charge in [0.25, 0.3) is 5.91 Å². The van der Waals surface area contributed by atoms with Gasteiger partial charge in [-0.15, -0.1) is 0 Å². The van der Waals surface area contributed by atoms with Crippen LogP contribution in [0.25, 0.3) is 0 Å². The van der Waals surface area contributed by atoms with Crippen LogP contribution in [0.1, 0.15) is 112 Å². The van der Waals surface area contributed by atoms with E-state index < -0.39 is 67.6 Å². The number of aryl methyl sites for hydroxylation is 2. The lowest BCUT2D eigenvalue weighted by molar-refractivity contribution is -0.144. The van der Waals surface area contributed by atoms with E-state index in [1.54, 1.807) is 57.1 Å². The van der Waals surface area contributed by atoms with E-state index in [4.69, 9.17) is 0 Å². The number of nitrogens with zero attached hydrogens (tertiary/aromatic N) is 2. The minimum atomic E-state index is -2.01. The Morgan fingerprint density at radius 1 is 0.689 bits per heavy atom. The number of carbonyl (C=O) groups is 7. The van der Waals surface area contributed by atoms with Gasteiger partial charge in [0, 0.05) is 36.7 Å². The maximum absolute atomic E-state index is 14.7. The molecule has 0 saturated carbocycles. The molecule has 2 heterocycles. The van der Waals surface area contributed by atoms with Gasteiger partial charge in [0.1, 0.15) is 24.2 Å². The normalized spacial score (nSPS) is 22.5. The molecule has 0 bridgehead atoms. The van der Waals surface area contributed by atoms with Crippen molar-refractivity contribution in [3.05, 3.63) is 106 Å². The lowest BCUT2D eigenvalue weighted by atomic mass is 9.85. The van der Waals surface area contributed by atoms with Crippen molar-refractivity contribution in [2.75, 3.05) is 26.8 Å². The zero-order chi connectivity index (χ0) is 53.5. The average molecular weight is 1030 g/mol. The monoisotopic (exact) mass is 1030 g/mol. The minimum absolute atomic E-state index is 0.0332. The van der Waals surface area contributed by atoms with Crippen LogP contribution in [0.2, 0.25) is 19.1 Å². The van der Waals surface area contributed by atoms with Crippen LogP contribution >= 0.6 is 0 Å². The SMILES string of the molecule is CN[C@@H](C)C(=O)NC(Cc1ccc(C#CC(=O)N[C@H]2C[C@@H](C(=O)N[C@@H]3CCCc4ccccc43)N(C(=O)C(NC(=O)[C@H](C)NC)C(C)(C)C)C2)cc1)C(=O)N1C[Si](C)(C)C[C@H]1C(=O)N[C@@H]1CCCc2ccccc21. The standard InChI is InChI=1S/C57H77N9O7Si/c1-35(58-6)51(68)63-46(55(72)66-34-74(8,9)33-48(66)54(71)62-45-23-15-19-40-17-11-13-21-43(40)45)30-38-26-24-37(25-27-38)28-29-49(67)60-41-31-47(53(70)61-44-22-14-18-39-16-10-12-20-42(39)44)65(32-41)56(73)50(57(3,4)5)64-52(69)36(2)59-7/h10-13,16-17,20-21,24-27,35-36,41,44-48,50,58-59H,14-15,18-19,22-23,30-34H2,1-9H3,(H,60,67)(H,61,70)(H,62,71)(H,63,68)(H,64,69)/t35-,36-,41-,44+,45+,46?,47-,48-,50?/m0/s1. The zero-order valence-electron chi connectivity index (χ0n) is 44.7. The summed E-state index contributed by atoms with van der Waals surface area (Å²) in [5.41, 5.74) is 5.15. The molecule has 2 saturated heterocycles. The summed E-state index contributed by atoms with van der Waals surface area (Å²) in [6.07, 6.45) is 6.13. The third-order valence-electron chi connectivity index (χ3n) is 15.3. The number of fused-ring (bicyclic) bond motifs is 2. The van der Waals surface area contributed by atoms with Gasteiger partial charge in [-0.1, -0.05) is 100 Å². The van der Waals surface area contributed by atoms with E-state index in [9.17, 15) is 33.6 Å². The van der Waals surface area contributed by atoms with Gasteiger partial charge in [-0.05, 0) is 124 Å². The molecule has 7 rings (SSSR count). The van der Waals surface area contributed by atoms with Gasteiger partial charge in [-0.2, -0.15) is 0 Å². The Hall–Kier alpha value is -6.35. The predicted molar refractivity (Wildman–Crippen MR) is 288 cm³/mol. The lowest BCUT2D eigenvalue weighted by Crippen LogP contribution is -2.59. The van der Waals surface area contributed by atoms with Crippen molar-refractivity contribution < 1.29 is 33.6 Å². The second kappa shape index (κ2) is 23.9. The number of likely N-dealkylation sites (tertiary alicyclic amines) is 1. The Kier molecular flexibility index (Phi) is 17.9. The van der Waals surface area contributed by atoms with Crippen LogP contribution in [-0.2, 0) is 52.8 Å². The first-order valence-electron chi connectivity index (χ1n) is 26.4. The van der Waals surface area contributed by atoms with Crippen molar-refractivity contribution >= 4 is 49.4 Å². The number of hydrogen-bond acceptors (Lipinski definition) is 9. The lowest BCUT2D eigenvalue weighted by Gasteiger charge is -2.36. The minimum Gasteiger partial charge on any atom is -0.348 e. The first-order valence-corrected chi connectivity index (χ1v) is 29.8. The summed E-state index contributed by atoms with van der Waals surface area (Å²) in [5, 5.41) is 21.2. The van der Waals surface area contributed by atoms with E-state index in [1.807, 2.05) is 51.1 Å². The third kappa shape index (κ3) is 13.5. The molecular weight excluding hydrogens is 951 g/mol. The fourth-order valence-electron chi connectivity index (χ4n) is 10.9. The van der Waals surface area contributed by atoms with E-state index in [0.29, 0.717) is 17.8 Å². The summed E-state index contributed by atoms with van der Waals surface area (Å²) in [6, 6.07) is 18.4. The molecule has 7 N–H and O–H groups in total. The highest BCUT2D eigenvalue weighted by atomic mass is 28.3. The second-order valence-electron chi connectivity index (χ2n) is 22.6. The topological polar surface area (TPSA) is 210 Å². The molecule has 16 nitrogen and oxygen atoms in total. The van der Waals surface area contributed by atoms with Crippen LogP contribution in [0.3, 0.4) is 0 Å². The Balaban J connectivity index is 1.04. The van der Waals surface area contributed by atoms with Crippen molar-refractivity contribution in [3.8, 4) is 11.8 Å². The molecule has 0 radical (unpaired) electrons. The molecule has 3 aromatic carbocycles. The van der Waals surface area contributed by atoms with Crippen LogP contribution in [0, 0.1) is 17.3 Å². The number of likely N-dealkylation sites (N-methyl/N-ethyl adjacent to an activating group) is 2. The summed E-state index contributed by atoms with van der Waals surface area (Å²) < 4.78 is 0. The highest BCUT2D eigenvalue weighted by molar-refractivity contribution is 6.79. The van der Waals surface area contributed by atoms with Gasteiger partial charge in [0.15, 0.2) is 0 Å². The van der Waals surface area contributed by atoms with Crippen LogP contribution in [0.15, 0.2) is 72.8 Å². The van der Waals surface area contributed by atoms with Gasteiger partial charge in [-0.3, -0.25) is 33.6 Å². The molecule has 7 amide bonds. The summed E-state index contributed by atoms with van der Waals surface area (Å²) in [4.78, 5) is 101. The fourth-order valence-corrected chi connectivity index (χ4v) is 13.7. The van der Waals surface area contributed by atoms with E-state index in [2.05, 4.69) is 80.4 Å². The molecule has 3 aromatic rings. The van der Waals surface area contributed by atoms with Gasteiger partial charge in [0.05, 0.1) is 32.2 Å². The van der Waals surface area contributed by atoms with Crippen molar-refractivity contribution in [2.24, 2.45) is 5.41 Å². The van der Waals surface area contributed by atoms with Crippen molar-refractivity contribution in [2.45, 2.75) is 159 Å². The van der Waals surface area contributed by atoms with Crippen molar-refractivity contribution in [1.29, 1.82) is 0 Å². The molecule has 2 fully saturated rings. The van der Waals surface area contributed by atoms with Crippen molar-refractivity contribution in [1.82, 2.24) is 47.0 Å². The quantitative estimate of drug-likeness (QED) is 0.0873. The molecule has 2 unspecified atom stereocenters. The van der Waals surface area contributed by atoms with Gasteiger partial charge < -0.3 is 47.0 Å². The number of amides is 7.